The van der Waals surface area contributed by atoms with Gasteiger partial charge in [-0.05, 0) is 31.4 Å². The molecule has 18 heavy (non-hydrogen) atoms. The molecular formula is C12H16N4O2. The molecule has 0 atom stereocenters. The second-order valence-corrected chi connectivity index (χ2v) is 4.19. The summed E-state index contributed by atoms with van der Waals surface area (Å²) in [4.78, 5) is 23.5. The summed E-state index contributed by atoms with van der Waals surface area (Å²) in [5.74, 6) is 4.41. The Hall–Kier alpha value is -2.08. The van der Waals surface area contributed by atoms with E-state index in [2.05, 4.69) is 10.8 Å². The average molecular weight is 248 g/mol. The zero-order valence-corrected chi connectivity index (χ0v) is 9.93. The summed E-state index contributed by atoms with van der Waals surface area (Å²) in [6.45, 7) is 0. The Balaban J connectivity index is 0.000000267. The van der Waals surface area contributed by atoms with Crippen molar-refractivity contribution in [2.45, 2.75) is 25.3 Å². The lowest BCUT2D eigenvalue weighted by atomic mass is 9.93. The number of imidazole rings is 1. The highest BCUT2D eigenvalue weighted by Crippen LogP contribution is 2.32. The third-order valence-corrected chi connectivity index (χ3v) is 3.13. The van der Waals surface area contributed by atoms with E-state index in [9.17, 15) is 4.79 Å². The number of hydrogen-bond donors (Lipinski definition) is 3. The third-order valence-electron chi connectivity index (χ3n) is 3.13. The van der Waals surface area contributed by atoms with Crippen LogP contribution in [0.4, 0.5) is 0 Å². The van der Waals surface area contributed by atoms with Gasteiger partial charge in [0.1, 0.15) is 0 Å². The number of aromatic amines is 1. The van der Waals surface area contributed by atoms with Crippen molar-refractivity contribution >= 4 is 17.4 Å². The Kier molecular flexibility index (Phi) is 3.78. The first-order valence-electron chi connectivity index (χ1n) is 5.87. The predicted molar refractivity (Wildman–Crippen MR) is 68.8 cm³/mol. The zero-order chi connectivity index (χ0) is 13.0. The Morgan fingerprint density at radius 2 is 2.06 bits per heavy atom. The van der Waals surface area contributed by atoms with Crippen molar-refractivity contribution in [3.8, 4) is 0 Å². The molecule has 4 N–H and O–H groups in total. The number of benzene rings is 1. The first kappa shape index (κ1) is 12.4. The molecule has 2 aromatic rings. The standard InChI is InChI=1S/C11H12N2O.CH4N2O/c14-11-12-9-6-1-2-7-10(9)13(11)8-4-3-5-8;2-3-1-4/h1-2,6-8H,3-5H2,(H,12,14);1H,2H2,(H,3,4). The minimum atomic E-state index is 0.0379. The van der Waals surface area contributed by atoms with E-state index < -0.39 is 0 Å². The largest absolute Gasteiger partial charge is 0.326 e. The summed E-state index contributed by atoms with van der Waals surface area (Å²) in [6, 6.07) is 8.31. The van der Waals surface area contributed by atoms with Gasteiger partial charge in [0.05, 0.1) is 11.0 Å². The van der Waals surface area contributed by atoms with Gasteiger partial charge in [0.15, 0.2) is 0 Å². The molecule has 6 heteroatoms. The highest BCUT2D eigenvalue weighted by atomic mass is 16.1. The van der Waals surface area contributed by atoms with Crippen molar-refractivity contribution in [1.29, 1.82) is 0 Å². The van der Waals surface area contributed by atoms with Crippen LogP contribution in [0.1, 0.15) is 25.3 Å². The second-order valence-electron chi connectivity index (χ2n) is 4.19. The van der Waals surface area contributed by atoms with Crippen molar-refractivity contribution in [1.82, 2.24) is 15.0 Å². The van der Waals surface area contributed by atoms with E-state index >= 15 is 0 Å². The van der Waals surface area contributed by atoms with Gasteiger partial charge in [-0.15, -0.1) is 0 Å². The Bertz CT molecular complexity index is 583. The van der Waals surface area contributed by atoms with Gasteiger partial charge in [-0.3, -0.25) is 14.8 Å². The highest BCUT2D eigenvalue weighted by Gasteiger charge is 2.22. The Morgan fingerprint density at radius 1 is 1.39 bits per heavy atom. The van der Waals surface area contributed by atoms with Gasteiger partial charge in [-0.25, -0.2) is 10.6 Å². The summed E-state index contributed by atoms with van der Waals surface area (Å²) in [6.07, 6.45) is 3.93. The predicted octanol–water partition coefficient (Wildman–Crippen LogP) is 0.661. The smallest absolute Gasteiger partial charge is 0.306 e. The molecule has 1 aromatic heterocycles. The van der Waals surface area contributed by atoms with Gasteiger partial charge in [0, 0.05) is 6.04 Å². The van der Waals surface area contributed by atoms with Gasteiger partial charge in [0.25, 0.3) is 0 Å². The van der Waals surface area contributed by atoms with E-state index in [0.717, 1.165) is 23.9 Å². The molecule has 1 aliphatic carbocycles. The molecule has 1 aliphatic rings. The highest BCUT2D eigenvalue weighted by molar-refractivity contribution is 5.75. The molecule has 0 bridgehead atoms. The number of amides is 1. The first-order chi connectivity index (χ1) is 8.77. The molecule has 3 rings (SSSR count). The summed E-state index contributed by atoms with van der Waals surface area (Å²) in [7, 11) is 0. The minimum Gasteiger partial charge on any atom is -0.306 e. The van der Waals surface area contributed by atoms with Crippen LogP contribution in [0.2, 0.25) is 0 Å². The summed E-state index contributed by atoms with van der Waals surface area (Å²) < 4.78 is 1.90. The maximum Gasteiger partial charge on any atom is 0.326 e. The number of carbonyl (C=O) groups is 1. The lowest BCUT2D eigenvalue weighted by Gasteiger charge is -2.26. The number of carbonyl (C=O) groups excluding carboxylic acids is 1. The van der Waals surface area contributed by atoms with E-state index in [1.165, 1.54) is 6.42 Å². The van der Waals surface area contributed by atoms with Crippen LogP contribution < -0.4 is 17.0 Å². The molecule has 0 radical (unpaired) electrons. The van der Waals surface area contributed by atoms with E-state index in [1.807, 2.05) is 28.8 Å². The first-order valence-corrected chi connectivity index (χ1v) is 5.87. The molecule has 6 nitrogen and oxygen atoms in total. The topological polar surface area (TPSA) is 92.9 Å². The Morgan fingerprint density at radius 3 is 2.61 bits per heavy atom. The zero-order valence-electron chi connectivity index (χ0n) is 9.93. The number of nitrogens with two attached hydrogens (primary N) is 1. The average Bonchev–Trinajstić information content (AvgIpc) is 2.65. The van der Waals surface area contributed by atoms with Crippen molar-refractivity contribution in [2.24, 2.45) is 5.84 Å². The monoisotopic (exact) mass is 248 g/mol. The van der Waals surface area contributed by atoms with Crippen LogP contribution >= 0.6 is 0 Å². The van der Waals surface area contributed by atoms with E-state index in [-0.39, 0.29) is 5.69 Å². The molecule has 0 saturated heterocycles. The SMILES string of the molecule is NNC=O.O=c1[nH]c2ccccc2n1C1CCC1. The number of H-pyrrole nitrogens is 1. The van der Waals surface area contributed by atoms with Crippen molar-refractivity contribution in [3.05, 3.63) is 34.7 Å². The lowest BCUT2D eigenvalue weighted by molar-refractivity contribution is -0.109. The maximum atomic E-state index is 11.7. The van der Waals surface area contributed by atoms with Crippen molar-refractivity contribution < 1.29 is 4.79 Å². The van der Waals surface area contributed by atoms with Gasteiger partial charge in [-0.1, -0.05) is 12.1 Å². The Labute approximate surface area is 104 Å². The van der Waals surface area contributed by atoms with E-state index in [1.54, 1.807) is 5.43 Å². The fourth-order valence-corrected chi connectivity index (χ4v) is 2.08. The molecular weight excluding hydrogens is 232 g/mol. The van der Waals surface area contributed by atoms with Crippen LogP contribution in [-0.2, 0) is 4.79 Å². The number of nitrogens with zero attached hydrogens (tertiary/aromatic N) is 1. The van der Waals surface area contributed by atoms with E-state index in [4.69, 9.17) is 4.79 Å². The molecule has 1 fully saturated rings. The molecule has 1 saturated carbocycles. The van der Waals surface area contributed by atoms with E-state index in [0.29, 0.717) is 12.5 Å². The van der Waals surface area contributed by atoms with Gasteiger partial charge >= 0.3 is 5.69 Å². The second kappa shape index (κ2) is 5.50. The van der Waals surface area contributed by atoms with Crippen molar-refractivity contribution in [3.63, 3.8) is 0 Å². The number of aromatic nitrogens is 2. The number of hydrogen-bond acceptors (Lipinski definition) is 3. The van der Waals surface area contributed by atoms with Crippen LogP contribution in [0.5, 0.6) is 0 Å². The summed E-state index contributed by atoms with van der Waals surface area (Å²) in [5.41, 5.74) is 3.78. The van der Waals surface area contributed by atoms with Crippen LogP contribution in [0, 0.1) is 0 Å². The molecule has 1 aromatic carbocycles. The fourth-order valence-electron chi connectivity index (χ4n) is 2.08. The number of para-hydroxylation sites is 2. The van der Waals surface area contributed by atoms with Crippen LogP contribution in [0.15, 0.2) is 29.1 Å². The molecule has 1 amide bonds. The van der Waals surface area contributed by atoms with Crippen LogP contribution in [0.3, 0.4) is 0 Å². The minimum absolute atomic E-state index is 0.0379. The quantitative estimate of drug-likeness (QED) is 0.315. The normalized spacial score (nSPS) is 14.5. The number of hydrazine groups is 1. The molecule has 0 unspecified atom stereocenters. The van der Waals surface area contributed by atoms with Gasteiger partial charge in [0.2, 0.25) is 6.41 Å². The van der Waals surface area contributed by atoms with Crippen molar-refractivity contribution in [2.75, 3.05) is 0 Å². The third kappa shape index (κ3) is 2.28. The van der Waals surface area contributed by atoms with Gasteiger partial charge < -0.3 is 4.98 Å². The maximum absolute atomic E-state index is 11.7. The fraction of sp³-hybridized carbons (Fsp3) is 0.333. The molecule has 0 aliphatic heterocycles. The van der Waals surface area contributed by atoms with Crippen LogP contribution in [-0.4, -0.2) is 16.0 Å². The number of fused-ring (bicyclic) bond motifs is 1. The van der Waals surface area contributed by atoms with Crippen LogP contribution in [0.25, 0.3) is 11.0 Å². The lowest BCUT2D eigenvalue weighted by Crippen LogP contribution is -2.26. The molecule has 96 valence electrons. The molecule has 0 spiro atoms. The number of nitrogens with one attached hydrogen (secondary N) is 2. The summed E-state index contributed by atoms with van der Waals surface area (Å²) in [5, 5.41) is 0. The van der Waals surface area contributed by atoms with Gasteiger partial charge in [-0.2, -0.15) is 0 Å². The summed E-state index contributed by atoms with van der Waals surface area (Å²) >= 11 is 0. The molecule has 1 heterocycles. The number of rotatable bonds is 2.